The number of methoxy groups -OCH3 is 2. The van der Waals surface area contributed by atoms with Crippen LogP contribution >= 0.6 is 55.1 Å². The number of esters is 2. The average molecular weight is 1400 g/mol. The van der Waals surface area contributed by atoms with Crippen LogP contribution in [0.1, 0.15) is 109 Å². The minimum atomic E-state index is -1.92. The Kier molecular flexibility index (Phi) is 27.4. The highest BCUT2D eigenvalue weighted by molar-refractivity contribution is 9.09. The van der Waals surface area contributed by atoms with Gasteiger partial charge in [0.1, 0.15) is 52.8 Å². The zero-order valence-corrected chi connectivity index (χ0v) is 55.8. The first-order chi connectivity index (χ1) is 41.5. The fourth-order valence-electron chi connectivity index (χ4n) is 10.2. The Morgan fingerprint density at radius 3 is 2.32 bits per heavy atom. The van der Waals surface area contributed by atoms with Crippen LogP contribution in [0.25, 0.3) is 0 Å². The van der Waals surface area contributed by atoms with E-state index in [1.807, 2.05) is 13.0 Å². The molecule has 0 saturated carbocycles. The number of fused-ring (bicyclic) bond motifs is 5. The number of carbonyl (C=O) groups excluding carboxylic acids is 9. The van der Waals surface area contributed by atoms with Gasteiger partial charge in [-0.1, -0.05) is 99.6 Å². The third kappa shape index (κ3) is 19.5. The zero-order valence-electron chi connectivity index (χ0n) is 51.1. The summed E-state index contributed by atoms with van der Waals surface area (Å²) < 4.78 is 34.9. The summed E-state index contributed by atoms with van der Waals surface area (Å²) in [6.07, 6.45) is 1.83. The number of halogens is 4. The van der Waals surface area contributed by atoms with Crippen LogP contribution in [0.15, 0.2) is 54.1 Å². The molecule has 2 aromatic rings. The number of hydrogen-bond acceptors (Lipinski definition) is 16. The molecule has 5 rings (SSSR count). The van der Waals surface area contributed by atoms with Gasteiger partial charge in [-0.25, -0.2) is 14.4 Å². The molecular weight excluding hydrogens is 1320 g/mol. The lowest BCUT2D eigenvalue weighted by molar-refractivity contribution is -0.158. The maximum Gasteiger partial charge on any atom is 0.409 e. The first-order valence-electron chi connectivity index (χ1n) is 28.9. The molecule has 24 nitrogen and oxygen atoms in total. The lowest BCUT2D eigenvalue weighted by Crippen LogP contribution is -2.63. The summed E-state index contributed by atoms with van der Waals surface area (Å²) in [6.45, 7) is 10.4. The molecule has 486 valence electrons. The third-order valence-corrected chi connectivity index (χ3v) is 18.0. The predicted octanol–water partition coefficient (Wildman–Crippen LogP) is 7.00. The highest BCUT2D eigenvalue weighted by atomic mass is 79.9. The number of aliphatic hydroxyl groups is 1. The number of urea groups is 1. The number of hydrogen-bond donors (Lipinski definition) is 7. The minimum Gasteiger partial charge on any atom is -0.495 e. The van der Waals surface area contributed by atoms with Crippen molar-refractivity contribution >= 4 is 120 Å². The number of primary amides is 1. The smallest absolute Gasteiger partial charge is 0.409 e. The number of carbonyl (C=O) groups is 9. The van der Waals surface area contributed by atoms with E-state index in [2.05, 4.69) is 58.4 Å². The quantitative estimate of drug-likeness (QED) is 0.0173. The van der Waals surface area contributed by atoms with Gasteiger partial charge in [-0.05, 0) is 101 Å². The molecule has 2 saturated heterocycles. The molecule has 2 aromatic carbocycles. The molecule has 0 aromatic heterocycles. The number of alkyl carbamates (subject to hydrolysis) is 1. The summed E-state index contributed by atoms with van der Waals surface area (Å²) in [6, 6.07) is 3.19. The standard InChI is InChI=1S/C60H82Br2Cl2N8O16/c1-32(2)50(69-47(73)19-12-11-13-23-85-56(79)37(30-61)31-62)53(76)68-41(17-15-22-66-57(65)80)52(75)67-38-20-21-39(40(63)27-38)54(77)71(7)35(5)55(78)87-46-28-48(74)72(8)42-25-36(26-43(83-9)49(42)64)24-33(3)16-14-18-45(84-10)60(82)29-44(86-58(81)70-60)34(4)51-59(46,6)88-51/h14,16,18,20-21,25-27,32,34-35,37,41,44-46,50-51,82H,11-13,15,17,19,22-24,28-31H2,1-10H3,(H,67,75)(H,68,76)(H,69,73)(H,70,81)(H3,65,66,80)/b18-14+,33-16+/t34-,35+,41+,44+,45-,46+,50+,51+,59+,60+/m1/s1. The number of alkyl halides is 2. The van der Waals surface area contributed by atoms with Gasteiger partial charge in [-0.15, -0.1) is 0 Å². The van der Waals surface area contributed by atoms with Crippen LogP contribution in [0.3, 0.4) is 0 Å². The van der Waals surface area contributed by atoms with Gasteiger partial charge >= 0.3 is 24.1 Å². The fourth-order valence-corrected chi connectivity index (χ4v) is 12.4. The third-order valence-electron chi connectivity index (χ3n) is 15.8. The highest BCUT2D eigenvalue weighted by Crippen LogP contribution is 2.49. The first kappa shape index (κ1) is 72.7. The summed E-state index contributed by atoms with van der Waals surface area (Å²) in [7, 11) is 5.71. The molecule has 28 heteroatoms. The molecule has 0 spiro atoms. The zero-order chi connectivity index (χ0) is 65.4. The molecule has 0 unspecified atom stereocenters. The van der Waals surface area contributed by atoms with Crippen molar-refractivity contribution in [3.63, 3.8) is 0 Å². The molecule has 2 fully saturated rings. The van der Waals surface area contributed by atoms with Gasteiger partial charge in [0.2, 0.25) is 23.6 Å². The van der Waals surface area contributed by atoms with E-state index in [0.717, 1.165) is 16.0 Å². The Labute approximate surface area is 539 Å². The van der Waals surface area contributed by atoms with Gasteiger partial charge in [-0.2, -0.15) is 0 Å². The monoisotopic (exact) mass is 1400 g/mol. The van der Waals surface area contributed by atoms with Gasteiger partial charge in [0.15, 0.2) is 5.72 Å². The maximum absolute atomic E-state index is 14.5. The van der Waals surface area contributed by atoms with Crippen LogP contribution in [0.2, 0.25) is 10.0 Å². The number of nitrogens with zero attached hydrogens (tertiary/aromatic N) is 2. The van der Waals surface area contributed by atoms with Crippen molar-refractivity contribution in [3.05, 3.63) is 75.3 Å². The largest absolute Gasteiger partial charge is 0.495 e. The van der Waals surface area contributed by atoms with Gasteiger partial charge < -0.3 is 70.3 Å². The topological polar surface area (TPSA) is 325 Å². The number of ether oxygens (including phenoxy) is 6. The molecule has 4 bridgehead atoms. The Balaban J connectivity index is 1.32. The Bertz CT molecular complexity index is 2940. The van der Waals surface area contributed by atoms with E-state index in [1.165, 1.54) is 58.3 Å². The van der Waals surface area contributed by atoms with E-state index in [-0.39, 0.29) is 72.0 Å². The molecule has 3 aliphatic heterocycles. The summed E-state index contributed by atoms with van der Waals surface area (Å²) in [5, 5.41) is 26.0. The Morgan fingerprint density at radius 2 is 1.68 bits per heavy atom. The number of likely N-dealkylation sites (N-methyl/N-ethyl adjacent to an activating group) is 1. The SMILES string of the molecule is COc1cc2cc(c1Cl)N(C)C(=O)C[C@H](OC(=O)[C@H](C)N(C)C(=O)c1ccc(NC(=O)[C@H](CCCNC(N)=O)NC(=O)[C@@H](NC(=O)CCCCCOC(=O)C(CBr)CBr)C(C)C)cc1Cl)[C@]1(C)O[C@H]1[C@H](C)[C@@H]1C[C@@](O)(NC(=O)O1)[C@H](OC)/C=C/C=C(\C)C2. The van der Waals surface area contributed by atoms with E-state index in [1.54, 1.807) is 52.0 Å². The summed E-state index contributed by atoms with van der Waals surface area (Å²) in [5.74, 6) is -5.32. The van der Waals surface area contributed by atoms with E-state index >= 15 is 0 Å². The molecule has 0 radical (unpaired) electrons. The highest BCUT2D eigenvalue weighted by Gasteiger charge is 2.64. The van der Waals surface area contributed by atoms with Gasteiger partial charge in [0.05, 0.1) is 48.4 Å². The maximum atomic E-state index is 14.5. The molecule has 0 aliphatic carbocycles. The van der Waals surface area contributed by atoms with Crippen LogP contribution in [-0.2, 0) is 58.9 Å². The summed E-state index contributed by atoms with van der Waals surface area (Å²) in [4.78, 5) is 123. The van der Waals surface area contributed by atoms with E-state index in [9.17, 15) is 48.3 Å². The van der Waals surface area contributed by atoms with Crippen LogP contribution in [0.4, 0.5) is 21.0 Å². The number of epoxide rings is 1. The molecule has 3 aliphatic rings. The summed E-state index contributed by atoms with van der Waals surface area (Å²) >= 11 is 20.2. The Hall–Kier alpha value is -6.03. The van der Waals surface area contributed by atoms with Crippen molar-refractivity contribution in [2.24, 2.45) is 23.5 Å². The molecule has 10 atom stereocenters. The lowest BCUT2D eigenvalue weighted by atomic mass is 9.83. The number of benzene rings is 2. The van der Waals surface area contributed by atoms with E-state index in [4.69, 9.17) is 57.4 Å². The van der Waals surface area contributed by atoms with Crippen LogP contribution in [-0.4, -0.2) is 170 Å². The van der Waals surface area contributed by atoms with Crippen LogP contribution in [0.5, 0.6) is 5.75 Å². The first-order valence-corrected chi connectivity index (χ1v) is 31.9. The molecule has 88 heavy (non-hydrogen) atoms. The normalized spacial score (nSPS) is 23.9. The second-order valence-corrected chi connectivity index (χ2v) is 24.8. The van der Waals surface area contributed by atoms with Crippen LogP contribution < -0.4 is 42.0 Å². The number of unbranched alkanes of at least 4 members (excludes halogenated alkanes) is 2. The molecular formula is C60H82Br2Cl2N8O16. The number of nitrogens with one attached hydrogen (secondary N) is 5. The van der Waals surface area contributed by atoms with Crippen molar-refractivity contribution in [1.82, 2.24) is 26.2 Å². The van der Waals surface area contributed by atoms with E-state index in [0.29, 0.717) is 47.8 Å². The molecule has 8 N–H and O–H groups in total. The second kappa shape index (κ2) is 33.2. The van der Waals surface area contributed by atoms with Gasteiger partial charge in [-0.3, -0.25) is 34.1 Å². The van der Waals surface area contributed by atoms with E-state index < -0.39 is 120 Å². The predicted molar refractivity (Wildman–Crippen MR) is 336 cm³/mol. The molecule has 3 heterocycles. The van der Waals surface area contributed by atoms with Crippen molar-refractivity contribution in [2.75, 3.05) is 62.3 Å². The summed E-state index contributed by atoms with van der Waals surface area (Å²) in [5.41, 5.74) is 3.90. The van der Waals surface area contributed by atoms with Gasteiger partial charge in [0.25, 0.3) is 5.91 Å². The van der Waals surface area contributed by atoms with Crippen LogP contribution in [0, 0.1) is 17.8 Å². The number of amides is 8. The molecule has 8 amide bonds. The van der Waals surface area contributed by atoms with Crippen molar-refractivity contribution in [3.8, 4) is 5.75 Å². The minimum absolute atomic E-state index is 0.0213. The number of allylic oxidation sites excluding steroid dienone is 3. The van der Waals surface area contributed by atoms with Gasteiger partial charge in [0, 0.05) is 62.9 Å². The number of rotatable bonds is 25. The van der Waals surface area contributed by atoms with Crippen molar-refractivity contribution in [2.45, 2.75) is 153 Å². The average Bonchev–Trinajstić information content (AvgIpc) is 1.60. The lowest BCUT2D eigenvalue weighted by Gasteiger charge is -2.42. The second-order valence-electron chi connectivity index (χ2n) is 22.8. The fraction of sp³-hybridized carbons (Fsp3) is 0.583. The number of anilines is 2. The number of nitrogens with two attached hydrogens (primary N) is 1. The Morgan fingerprint density at radius 1 is 0.977 bits per heavy atom. The van der Waals surface area contributed by atoms with Crippen molar-refractivity contribution < 1.29 is 76.7 Å². The van der Waals surface area contributed by atoms with Crippen molar-refractivity contribution in [1.29, 1.82) is 0 Å².